The molecule has 0 saturated heterocycles. The van der Waals surface area contributed by atoms with Gasteiger partial charge in [-0.2, -0.15) is 0 Å². The number of rotatable bonds is 6. The number of sulfonamides is 1. The quantitative estimate of drug-likeness (QED) is 0.570. The zero-order valence-corrected chi connectivity index (χ0v) is 8.96. The van der Waals surface area contributed by atoms with Crippen LogP contribution in [-0.4, -0.2) is 26.7 Å². The SMILES string of the molecule is NCc1ccc(S(=O)(=O)NCCCO)o1. The van der Waals surface area contributed by atoms with Gasteiger partial charge in [-0.05, 0) is 18.6 Å². The molecule has 0 atom stereocenters. The van der Waals surface area contributed by atoms with Gasteiger partial charge in [0.15, 0.2) is 0 Å². The standard InChI is InChI=1S/C8H14N2O4S/c9-6-7-2-3-8(14-7)15(12,13)10-4-1-5-11/h2-3,10-11H,1,4-6,9H2. The molecule has 0 aliphatic rings. The second-order valence-electron chi connectivity index (χ2n) is 2.90. The maximum atomic E-state index is 11.5. The van der Waals surface area contributed by atoms with Crippen LogP contribution in [0.3, 0.4) is 0 Å². The first-order chi connectivity index (χ1) is 7.10. The Hall–Kier alpha value is -0.890. The summed E-state index contributed by atoms with van der Waals surface area (Å²) in [6.45, 7) is 0.276. The van der Waals surface area contributed by atoms with Gasteiger partial charge in [0.25, 0.3) is 10.0 Å². The Labute approximate surface area is 88.1 Å². The fourth-order valence-corrected chi connectivity index (χ4v) is 1.99. The van der Waals surface area contributed by atoms with Crippen molar-refractivity contribution in [2.24, 2.45) is 5.73 Å². The minimum atomic E-state index is -3.61. The Kier molecular flexibility index (Phi) is 4.28. The highest BCUT2D eigenvalue weighted by atomic mass is 32.2. The lowest BCUT2D eigenvalue weighted by Crippen LogP contribution is -2.24. The first-order valence-electron chi connectivity index (χ1n) is 4.49. The van der Waals surface area contributed by atoms with Crippen LogP contribution in [0.15, 0.2) is 21.6 Å². The predicted molar refractivity (Wildman–Crippen MR) is 53.5 cm³/mol. The van der Waals surface area contributed by atoms with Crippen molar-refractivity contribution >= 4 is 10.0 Å². The van der Waals surface area contributed by atoms with Gasteiger partial charge < -0.3 is 15.3 Å². The molecule has 1 heterocycles. The van der Waals surface area contributed by atoms with Crippen LogP contribution < -0.4 is 10.5 Å². The summed E-state index contributed by atoms with van der Waals surface area (Å²) in [5, 5.41) is 8.35. The molecular formula is C8H14N2O4S. The summed E-state index contributed by atoms with van der Waals surface area (Å²) in [7, 11) is -3.61. The van der Waals surface area contributed by atoms with Gasteiger partial charge in [-0.3, -0.25) is 0 Å². The van der Waals surface area contributed by atoms with Gasteiger partial charge in [0.2, 0.25) is 5.09 Å². The first-order valence-corrected chi connectivity index (χ1v) is 5.98. The lowest BCUT2D eigenvalue weighted by Gasteiger charge is -2.02. The fourth-order valence-electron chi connectivity index (χ4n) is 0.969. The van der Waals surface area contributed by atoms with Crippen molar-refractivity contribution in [2.75, 3.05) is 13.2 Å². The minimum absolute atomic E-state index is 0.0608. The van der Waals surface area contributed by atoms with E-state index in [1.807, 2.05) is 0 Å². The lowest BCUT2D eigenvalue weighted by atomic mass is 10.5. The molecular weight excluding hydrogens is 220 g/mol. The highest BCUT2D eigenvalue weighted by Gasteiger charge is 2.17. The van der Waals surface area contributed by atoms with Crippen LogP contribution in [-0.2, 0) is 16.6 Å². The van der Waals surface area contributed by atoms with Crippen molar-refractivity contribution in [3.8, 4) is 0 Å². The number of hydrogen-bond acceptors (Lipinski definition) is 5. The highest BCUT2D eigenvalue weighted by molar-refractivity contribution is 7.89. The van der Waals surface area contributed by atoms with Gasteiger partial charge in [-0.15, -0.1) is 0 Å². The average molecular weight is 234 g/mol. The topological polar surface area (TPSA) is 106 Å². The number of nitrogens with two attached hydrogens (primary N) is 1. The van der Waals surface area contributed by atoms with E-state index in [2.05, 4.69) is 4.72 Å². The number of hydrogen-bond donors (Lipinski definition) is 3. The maximum absolute atomic E-state index is 11.5. The second-order valence-corrected chi connectivity index (χ2v) is 4.60. The van der Waals surface area contributed by atoms with Crippen LogP contribution in [0.5, 0.6) is 0 Å². The minimum Gasteiger partial charge on any atom is -0.447 e. The van der Waals surface area contributed by atoms with E-state index in [9.17, 15) is 8.42 Å². The molecule has 1 aromatic heterocycles. The summed E-state index contributed by atoms with van der Waals surface area (Å²) < 4.78 is 30.3. The summed E-state index contributed by atoms with van der Waals surface area (Å²) in [6.07, 6.45) is 0.365. The van der Waals surface area contributed by atoms with Crippen molar-refractivity contribution in [2.45, 2.75) is 18.1 Å². The van der Waals surface area contributed by atoms with E-state index in [0.29, 0.717) is 12.2 Å². The van der Waals surface area contributed by atoms with Crippen molar-refractivity contribution in [1.82, 2.24) is 4.72 Å². The van der Waals surface area contributed by atoms with Gasteiger partial charge in [0.1, 0.15) is 5.76 Å². The zero-order chi connectivity index (χ0) is 11.3. The first kappa shape index (κ1) is 12.2. The van der Waals surface area contributed by atoms with Crippen molar-refractivity contribution in [3.05, 3.63) is 17.9 Å². The third-order valence-electron chi connectivity index (χ3n) is 1.73. The van der Waals surface area contributed by atoms with Crippen molar-refractivity contribution in [3.63, 3.8) is 0 Å². The monoisotopic (exact) mass is 234 g/mol. The van der Waals surface area contributed by atoms with Crippen LogP contribution in [0.1, 0.15) is 12.2 Å². The third-order valence-corrected chi connectivity index (χ3v) is 3.06. The zero-order valence-electron chi connectivity index (χ0n) is 8.14. The highest BCUT2D eigenvalue weighted by Crippen LogP contribution is 2.12. The molecule has 0 aromatic carbocycles. The van der Waals surface area contributed by atoms with E-state index in [-0.39, 0.29) is 24.8 Å². The van der Waals surface area contributed by atoms with Crippen LogP contribution in [0, 0.1) is 0 Å². The molecule has 4 N–H and O–H groups in total. The smallest absolute Gasteiger partial charge is 0.273 e. The molecule has 0 fully saturated rings. The lowest BCUT2D eigenvalue weighted by molar-refractivity contribution is 0.289. The molecule has 7 heteroatoms. The summed E-state index contributed by atoms with van der Waals surface area (Å²) in [4.78, 5) is 0. The number of nitrogens with one attached hydrogen (secondary N) is 1. The maximum Gasteiger partial charge on any atom is 0.273 e. The third kappa shape index (κ3) is 3.31. The Morgan fingerprint density at radius 3 is 2.73 bits per heavy atom. The molecule has 15 heavy (non-hydrogen) atoms. The van der Waals surface area contributed by atoms with E-state index in [4.69, 9.17) is 15.3 Å². The Morgan fingerprint density at radius 2 is 2.20 bits per heavy atom. The Morgan fingerprint density at radius 1 is 1.47 bits per heavy atom. The fraction of sp³-hybridized carbons (Fsp3) is 0.500. The van der Waals surface area contributed by atoms with Gasteiger partial charge in [0.05, 0.1) is 6.54 Å². The molecule has 0 unspecified atom stereocenters. The molecule has 0 spiro atoms. The molecule has 6 nitrogen and oxygen atoms in total. The number of aliphatic hydroxyl groups is 1. The summed E-state index contributed by atoms with van der Waals surface area (Å²) in [5.74, 6) is 0.414. The number of furan rings is 1. The van der Waals surface area contributed by atoms with Crippen LogP contribution in [0.25, 0.3) is 0 Å². The summed E-state index contributed by atoms with van der Waals surface area (Å²) in [5.41, 5.74) is 5.29. The average Bonchev–Trinajstić information content (AvgIpc) is 2.66. The van der Waals surface area contributed by atoms with Crippen LogP contribution in [0.2, 0.25) is 0 Å². The summed E-state index contributed by atoms with van der Waals surface area (Å²) >= 11 is 0. The normalized spacial score (nSPS) is 11.9. The molecule has 0 saturated carbocycles. The molecule has 1 aromatic rings. The summed E-state index contributed by atoms with van der Waals surface area (Å²) in [6, 6.07) is 2.87. The van der Waals surface area contributed by atoms with E-state index in [0.717, 1.165) is 0 Å². The largest absolute Gasteiger partial charge is 0.447 e. The van der Waals surface area contributed by atoms with Gasteiger partial charge in [0, 0.05) is 13.2 Å². The molecule has 1 rings (SSSR count). The van der Waals surface area contributed by atoms with E-state index in [1.54, 1.807) is 0 Å². The van der Waals surface area contributed by atoms with Gasteiger partial charge in [-0.1, -0.05) is 0 Å². The van der Waals surface area contributed by atoms with E-state index in [1.165, 1.54) is 12.1 Å². The van der Waals surface area contributed by atoms with Crippen molar-refractivity contribution < 1.29 is 17.9 Å². The van der Waals surface area contributed by atoms with Crippen LogP contribution in [0.4, 0.5) is 0 Å². The van der Waals surface area contributed by atoms with Gasteiger partial charge in [-0.25, -0.2) is 13.1 Å². The number of aliphatic hydroxyl groups excluding tert-OH is 1. The van der Waals surface area contributed by atoms with Gasteiger partial charge >= 0.3 is 0 Å². The molecule has 0 bridgehead atoms. The second kappa shape index (κ2) is 5.26. The van der Waals surface area contributed by atoms with E-state index >= 15 is 0 Å². The Bertz CT molecular complexity index is 399. The molecule has 0 aliphatic heterocycles. The predicted octanol–water partition coefficient (Wildman–Crippen LogP) is -0.601. The molecule has 0 amide bonds. The molecule has 86 valence electrons. The van der Waals surface area contributed by atoms with Crippen LogP contribution >= 0.6 is 0 Å². The van der Waals surface area contributed by atoms with Crippen molar-refractivity contribution in [1.29, 1.82) is 0 Å². The molecule has 0 radical (unpaired) electrons. The molecule has 0 aliphatic carbocycles. The Balaban J connectivity index is 2.68. The van der Waals surface area contributed by atoms with E-state index < -0.39 is 10.0 Å².